The van der Waals surface area contributed by atoms with Crippen molar-refractivity contribution in [1.82, 2.24) is 20.2 Å². The SMILES string of the molecule is CCN1CCN(c2cc(NCCNC)ncn2)CC1. The maximum Gasteiger partial charge on any atom is 0.134 e. The number of nitrogens with one attached hydrogen (secondary N) is 2. The molecule has 1 aliphatic heterocycles. The van der Waals surface area contributed by atoms with Crippen LogP contribution in [0.1, 0.15) is 6.92 Å². The molecule has 0 radical (unpaired) electrons. The smallest absolute Gasteiger partial charge is 0.134 e. The third-order valence-corrected chi connectivity index (χ3v) is 3.48. The normalized spacial score (nSPS) is 16.6. The first-order chi connectivity index (χ1) is 9.33. The molecule has 106 valence electrons. The van der Waals surface area contributed by atoms with E-state index in [0.717, 1.165) is 57.4 Å². The van der Waals surface area contributed by atoms with E-state index in [2.05, 4.69) is 37.3 Å². The maximum absolute atomic E-state index is 4.38. The molecular weight excluding hydrogens is 240 g/mol. The van der Waals surface area contributed by atoms with Gasteiger partial charge in [0, 0.05) is 45.3 Å². The summed E-state index contributed by atoms with van der Waals surface area (Å²) in [5, 5.41) is 6.40. The average molecular weight is 264 g/mol. The largest absolute Gasteiger partial charge is 0.369 e. The summed E-state index contributed by atoms with van der Waals surface area (Å²) in [4.78, 5) is 13.4. The minimum absolute atomic E-state index is 0.872. The molecule has 2 N–H and O–H groups in total. The Labute approximate surface area is 115 Å². The molecule has 0 aliphatic carbocycles. The molecule has 6 heteroatoms. The van der Waals surface area contributed by atoms with E-state index in [4.69, 9.17) is 0 Å². The summed E-state index contributed by atoms with van der Waals surface area (Å²) >= 11 is 0. The number of likely N-dealkylation sites (N-methyl/N-ethyl adjacent to an activating group) is 2. The van der Waals surface area contributed by atoms with Crippen molar-refractivity contribution in [3.05, 3.63) is 12.4 Å². The quantitative estimate of drug-likeness (QED) is 0.718. The molecule has 0 spiro atoms. The van der Waals surface area contributed by atoms with Gasteiger partial charge in [0.15, 0.2) is 0 Å². The van der Waals surface area contributed by atoms with E-state index in [1.54, 1.807) is 6.33 Å². The summed E-state index contributed by atoms with van der Waals surface area (Å²) < 4.78 is 0. The number of hydrogen-bond acceptors (Lipinski definition) is 6. The van der Waals surface area contributed by atoms with Crippen molar-refractivity contribution in [2.45, 2.75) is 6.92 Å². The number of hydrogen-bond donors (Lipinski definition) is 2. The van der Waals surface area contributed by atoms with Crippen LogP contribution >= 0.6 is 0 Å². The molecule has 0 saturated carbocycles. The lowest BCUT2D eigenvalue weighted by Crippen LogP contribution is -2.46. The highest BCUT2D eigenvalue weighted by atomic mass is 15.3. The maximum atomic E-state index is 4.38. The lowest BCUT2D eigenvalue weighted by Gasteiger charge is -2.34. The van der Waals surface area contributed by atoms with Gasteiger partial charge in [0.25, 0.3) is 0 Å². The molecule has 6 nitrogen and oxygen atoms in total. The zero-order chi connectivity index (χ0) is 13.5. The minimum Gasteiger partial charge on any atom is -0.369 e. The zero-order valence-electron chi connectivity index (χ0n) is 11.9. The van der Waals surface area contributed by atoms with E-state index < -0.39 is 0 Å². The molecule has 1 fully saturated rings. The number of anilines is 2. The second-order valence-corrected chi connectivity index (χ2v) is 4.71. The predicted molar refractivity (Wildman–Crippen MR) is 78.8 cm³/mol. The van der Waals surface area contributed by atoms with Crippen LogP contribution in [0.15, 0.2) is 12.4 Å². The lowest BCUT2D eigenvalue weighted by atomic mass is 10.3. The third-order valence-electron chi connectivity index (χ3n) is 3.48. The second kappa shape index (κ2) is 7.25. The van der Waals surface area contributed by atoms with Gasteiger partial charge in [-0.15, -0.1) is 0 Å². The lowest BCUT2D eigenvalue weighted by molar-refractivity contribution is 0.270. The Kier molecular flexibility index (Phi) is 5.35. The van der Waals surface area contributed by atoms with Gasteiger partial charge in [-0.2, -0.15) is 0 Å². The molecule has 1 aliphatic rings. The van der Waals surface area contributed by atoms with Crippen LogP contribution in [0.25, 0.3) is 0 Å². The van der Waals surface area contributed by atoms with E-state index in [1.807, 2.05) is 13.1 Å². The topological polar surface area (TPSA) is 56.3 Å². The highest BCUT2D eigenvalue weighted by Crippen LogP contribution is 2.15. The number of rotatable bonds is 6. The molecular formula is C13H24N6. The van der Waals surface area contributed by atoms with Gasteiger partial charge in [-0.3, -0.25) is 0 Å². The van der Waals surface area contributed by atoms with Gasteiger partial charge in [0.05, 0.1) is 0 Å². The van der Waals surface area contributed by atoms with E-state index in [1.165, 1.54) is 0 Å². The Morgan fingerprint density at radius 2 is 1.95 bits per heavy atom. The van der Waals surface area contributed by atoms with Crippen LogP contribution in [0.3, 0.4) is 0 Å². The van der Waals surface area contributed by atoms with Crippen molar-refractivity contribution in [1.29, 1.82) is 0 Å². The van der Waals surface area contributed by atoms with E-state index in [9.17, 15) is 0 Å². The van der Waals surface area contributed by atoms with Crippen molar-refractivity contribution in [2.24, 2.45) is 0 Å². The van der Waals surface area contributed by atoms with Crippen molar-refractivity contribution < 1.29 is 0 Å². The van der Waals surface area contributed by atoms with Crippen LogP contribution < -0.4 is 15.5 Å². The Morgan fingerprint density at radius 1 is 1.16 bits per heavy atom. The highest BCUT2D eigenvalue weighted by molar-refractivity contribution is 5.48. The van der Waals surface area contributed by atoms with Crippen LogP contribution in [0, 0.1) is 0 Å². The molecule has 0 amide bonds. The molecule has 0 atom stereocenters. The van der Waals surface area contributed by atoms with Crippen LogP contribution in [0.5, 0.6) is 0 Å². The van der Waals surface area contributed by atoms with Gasteiger partial charge in [0.1, 0.15) is 18.0 Å². The molecule has 2 heterocycles. The summed E-state index contributed by atoms with van der Waals surface area (Å²) in [5.74, 6) is 1.93. The number of nitrogens with zero attached hydrogens (tertiary/aromatic N) is 4. The highest BCUT2D eigenvalue weighted by Gasteiger charge is 2.16. The second-order valence-electron chi connectivity index (χ2n) is 4.71. The Balaban J connectivity index is 1.91. The summed E-state index contributed by atoms with van der Waals surface area (Å²) in [6.07, 6.45) is 1.64. The average Bonchev–Trinajstić information content (AvgIpc) is 2.48. The van der Waals surface area contributed by atoms with Crippen molar-refractivity contribution in [2.75, 3.05) is 63.1 Å². The van der Waals surface area contributed by atoms with Crippen LogP contribution in [-0.4, -0.2) is 67.7 Å². The summed E-state index contributed by atoms with van der Waals surface area (Å²) in [5.41, 5.74) is 0. The molecule has 0 unspecified atom stereocenters. The Bertz CT molecular complexity index is 375. The van der Waals surface area contributed by atoms with E-state index >= 15 is 0 Å². The first-order valence-corrected chi connectivity index (χ1v) is 7.01. The first-order valence-electron chi connectivity index (χ1n) is 7.01. The Hall–Kier alpha value is -1.40. The fraction of sp³-hybridized carbons (Fsp3) is 0.692. The zero-order valence-corrected chi connectivity index (χ0v) is 11.9. The number of piperazine rings is 1. The molecule has 1 saturated heterocycles. The minimum atomic E-state index is 0.872. The van der Waals surface area contributed by atoms with E-state index in [0.29, 0.717) is 0 Å². The molecule has 0 bridgehead atoms. The van der Waals surface area contributed by atoms with Gasteiger partial charge in [-0.25, -0.2) is 9.97 Å². The van der Waals surface area contributed by atoms with Crippen molar-refractivity contribution >= 4 is 11.6 Å². The first kappa shape index (κ1) is 14.0. The molecule has 1 aromatic heterocycles. The number of aromatic nitrogens is 2. The van der Waals surface area contributed by atoms with Gasteiger partial charge in [-0.05, 0) is 13.6 Å². The fourth-order valence-corrected chi connectivity index (χ4v) is 2.23. The van der Waals surface area contributed by atoms with Gasteiger partial charge < -0.3 is 20.4 Å². The standard InChI is InChI=1S/C13H24N6/c1-3-18-6-8-19(9-7-18)13-10-12(16-11-17-13)15-5-4-14-2/h10-11,14H,3-9H2,1-2H3,(H,15,16,17). The van der Waals surface area contributed by atoms with Crippen LogP contribution in [0.4, 0.5) is 11.6 Å². The predicted octanol–water partition coefficient (Wildman–Crippen LogP) is 0.250. The molecule has 2 rings (SSSR count). The molecule has 1 aromatic rings. The molecule has 19 heavy (non-hydrogen) atoms. The van der Waals surface area contributed by atoms with Gasteiger partial charge in [-0.1, -0.05) is 6.92 Å². The Morgan fingerprint density at radius 3 is 2.63 bits per heavy atom. The third kappa shape index (κ3) is 4.04. The molecule has 0 aromatic carbocycles. The summed E-state index contributed by atoms with van der Waals surface area (Å²) in [6.45, 7) is 9.46. The van der Waals surface area contributed by atoms with Gasteiger partial charge in [0.2, 0.25) is 0 Å². The van der Waals surface area contributed by atoms with Crippen molar-refractivity contribution in [3.63, 3.8) is 0 Å². The monoisotopic (exact) mass is 264 g/mol. The fourth-order valence-electron chi connectivity index (χ4n) is 2.23. The van der Waals surface area contributed by atoms with Gasteiger partial charge >= 0.3 is 0 Å². The summed E-state index contributed by atoms with van der Waals surface area (Å²) in [7, 11) is 1.94. The van der Waals surface area contributed by atoms with Crippen LogP contribution in [-0.2, 0) is 0 Å². The summed E-state index contributed by atoms with van der Waals surface area (Å²) in [6, 6.07) is 2.04. The van der Waals surface area contributed by atoms with Crippen molar-refractivity contribution in [3.8, 4) is 0 Å². The van der Waals surface area contributed by atoms with E-state index in [-0.39, 0.29) is 0 Å². The van der Waals surface area contributed by atoms with Crippen LogP contribution in [0.2, 0.25) is 0 Å².